The van der Waals surface area contributed by atoms with E-state index in [0.717, 1.165) is 13.1 Å². The van der Waals surface area contributed by atoms with Crippen molar-refractivity contribution in [3.8, 4) is 0 Å². The summed E-state index contributed by atoms with van der Waals surface area (Å²) in [4.78, 5) is 30.8. The summed E-state index contributed by atoms with van der Waals surface area (Å²) in [5.41, 5.74) is 0.158. The lowest BCUT2D eigenvalue weighted by Gasteiger charge is -2.37. The van der Waals surface area contributed by atoms with Gasteiger partial charge in [0.05, 0.1) is 18.3 Å². The number of rotatable bonds is 6. The van der Waals surface area contributed by atoms with Crippen LogP contribution >= 0.6 is 0 Å². The highest BCUT2D eigenvalue weighted by Gasteiger charge is 2.47. The summed E-state index contributed by atoms with van der Waals surface area (Å²) in [6, 6.07) is 0. The summed E-state index contributed by atoms with van der Waals surface area (Å²) in [7, 11) is 3.88. The largest absolute Gasteiger partial charge is 0.441 e. The molecule has 150 valence electrons. The van der Waals surface area contributed by atoms with Crippen LogP contribution in [-0.2, 0) is 11.8 Å². The van der Waals surface area contributed by atoms with Crippen LogP contribution in [0.4, 0.5) is 4.79 Å². The molecule has 8 nitrogen and oxygen atoms in total. The smallest absolute Gasteiger partial charge is 0.410 e. The van der Waals surface area contributed by atoms with Gasteiger partial charge in [-0.25, -0.2) is 4.79 Å². The molecule has 3 heterocycles. The van der Waals surface area contributed by atoms with Crippen molar-refractivity contribution in [1.29, 1.82) is 0 Å². The second-order valence-electron chi connectivity index (χ2n) is 8.32. The van der Waals surface area contributed by atoms with Crippen molar-refractivity contribution in [3.63, 3.8) is 0 Å². The van der Waals surface area contributed by atoms with Crippen molar-refractivity contribution in [3.05, 3.63) is 18.0 Å². The molecule has 3 rings (SSSR count). The zero-order valence-electron chi connectivity index (χ0n) is 16.8. The molecule has 2 aliphatic rings. The van der Waals surface area contributed by atoms with E-state index in [0.29, 0.717) is 50.5 Å². The fourth-order valence-corrected chi connectivity index (χ4v) is 3.96. The molecule has 0 aromatic carbocycles. The molecule has 0 bridgehead atoms. The quantitative estimate of drug-likeness (QED) is 0.750. The molecular formula is C19H31N5O3. The molecule has 0 atom stereocenters. The van der Waals surface area contributed by atoms with Gasteiger partial charge in [-0.15, -0.1) is 0 Å². The summed E-state index contributed by atoms with van der Waals surface area (Å²) >= 11 is 0. The summed E-state index contributed by atoms with van der Waals surface area (Å²) in [6.45, 7) is 8.74. The Morgan fingerprint density at radius 2 is 2.07 bits per heavy atom. The van der Waals surface area contributed by atoms with Crippen molar-refractivity contribution >= 4 is 12.0 Å². The van der Waals surface area contributed by atoms with Gasteiger partial charge in [-0.05, 0) is 13.0 Å². The number of piperidine rings is 1. The Morgan fingerprint density at radius 1 is 1.37 bits per heavy atom. The Balaban J connectivity index is 1.51. The average molecular weight is 377 g/mol. The maximum atomic E-state index is 12.6. The third-order valence-corrected chi connectivity index (χ3v) is 5.38. The molecule has 8 heteroatoms. The molecule has 2 aliphatic heterocycles. The van der Waals surface area contributed by atoms with Gasteiger partial charge in [0, 0.05) is 58.8 Å². The average Bonchev–Trinajstić information content (AvgIpc) is 3.16. The number of ether oxygens (including phenoxy) is 1. The number of hydrogen-bond acceptors (Lipinski definition) is 5. The number of likely N-dealkylation sites (N-methyl/N-ethyl adjacent to an activating group) is 1. The molecule has 1 aromatic rings. The Labute approximate surface area is 161 Å². The predicted octanol–water partition coefficient (Wildman–Crippen LogP) is 1.43. The second-order valence-corrected chi connectivity index (χ2v) is 8.32. The first kappa shape index (κ1) is 19.7. The highest BCUT2D eigenvalue weighted by molar-refractivity contribution is 5.93. The minimum Gasteiger partial charge on any atom is -0.441 e. The number of carbonyl (C=O) groups excluding carboxylic acids is 2. The fraction of sp³-hybridized carbons (Fsp3) is 0.737. The van der Waals surface area contributed by atoms with Crippen molar-refractivity contribution in [1.82, 2.24) is 24.5 Å². The van der Waals surface area contributed by atoms with Gasteiger partial charge in [0.2, 0.25) is 0 Å². The first-order valence-corrected chi connectivity index (χ1v) is 9.72. The number of aromatic nitrogens is 2. The van der Waals surface area contributed by atoms with Crippen LogP contribution in [0.2, 0.25) is 0 Å². The summed E-state index contributed by atoms with van der Waals surface area (Å²) in [5, 5.41) is 4.06. The number of carbonyl (C=O) groups is 2. The van der Waals surface area contributed by atoms with Crippen LogP contribution in [0.15, 0.2) is 12.4 Å². The normalized spacial score (nSPS) is 19.4. The van der Waals surface area contributed by atoms with Crippen LogP contribution in [0.3, 0.4) is 0 Å². The molecule has 2 amide bonds. The van der Waals surface area contributed by atoms with Crippen LogP contribution < -0.4 is 0 Å². The maximum Gasteiger partial charge on any atom is 0.410 e. The van der Waals surface area contributed by atoms with Crippen molar-refractivity contribution in [2.75, 3.05) is 46.3 Å². The monoisotopic (exact) mass is 377 g/mol. The first-order valence-electron chi connectivity index (χ1n) is 9.72. The van der Waals surface area contributed by atoms with Gasteiger partial charge >= 0.3 is 6.09 Å². The van der Waals surface area contributed by atoms with Crippen LogP contribution in [0, 0.1) is 5.92 Å². The Hall–Kier alpha value is -2.09. The van der Waals surface area contributed by atoms with Crippen molar-refractivity contribution < 1.29 is 14.3 Å². The van der Waals surface area contributed by atoms with Crippen LogP contribution in [0.25, 0.3) is 0 Å². The van der Waals surface area contributed by atoms with Crippen molar-refractivity contribution in [2.24, 2.45) is 13.0 Å². The molecule has 0 unspecified atom stereocenters. The summed E-state index contributed by atoms with van der Waals surface area (Å²) in [6.07, 6.45) is 4.47. The van der Waals surface area contributed by atoms with Gasteiger partial charge in [-0.3, -0.25) is 9.48 Å². The summed E-state index contributed by atoms with van der Waals surface area (Å²) < 4.78 is 7.40. The van der Waals surface area contributed by atoms with Crippen LogP contribution in [0.1, 0.15) is 37.0 Å². The van der Waals surface area contributed by atoms with E-state index in [2.05, 4.69) is 30.9 Å². The number of likely N-dealkylation sites (tertiary alicyclic amines) is 1. The molecule has 1 spiro atoms. The van der Waals surface area contributed by atoms with E-state index in [1.807, 2.05) is 9.80 Å². The lowest BCUT2D eigenvalue weighted by atomic mass is 9.91. The Morgan fingerprint density at radius 3 is 2.67 bits per heavy atom. The topological polar surface area (TPSA) is 70.9 Å². The second kappa shape index (κ2) is 7.88. The van der Waals surface area contributed by atoms with Crippen molar-refractivity contribution in [2.45, 2.75) is 32.3 Å². The van der Waals surface area contributed by atoms with E-state index < -0.39 is 5.60 Å². The highest BCUT2D eigenvalue weighted by atomic mass is 16.6. The summed E-state index contributed by atoms with van der Waals surface area (Å²) in [5.74, 6) is 0.600. The molecule has 0 N–H and O–H groups in total. The molecule has 0 radical (unpaired) electrons. The molecule has 2 fully saturated rings. The number of amides is 2. The first-order chi connectivity index (χ1) is 12.8. The number of hydrogen-bond donors (Lipinski definition) is 0. The van der Waals surface area contributed by atoms with Gasteiger partial charge in [0.1, 0.15) is 5.60 Å². The molecule has 0 saturated carbocycles. The number of nitrogens with zero attached hydrogens (tertiary/aromatic N) is 5. The maximum absolute atomic E-state index is 12.6. The minimum absolute atomic E-state index is 0.00515. The third-order valence-electron chi connectivity index (χ3n) is 5.38. The number of aryl methyl sites for hydroxylation is 1. The fourth-order valence-electron chi connectivity index (χ4n) is 3.96. The third kappa shape index (κ3) is 4.61. The lowest BCUT2D eigenvalue weighted by molar-refractivity contribution is 0.00312. The van der Waals surface area contributed by atoms with Gasteiger partial charge in [0.25, 0.3) is 5.91 Å². The van der Waals surface area contributed by atoms with E-state index in [4.69, 9.17) is 4.74 Å². The standard InChI is InChI=1S/C19H31N5O3/c1-15(2)12-21(3)9-10-24-14-19(27-18(24)26)5-7-23(8-6-19)17(25)16-11-20-22(4)13-16/h11,13,15H,5-10,12,14H2,1-4H3. The SMILES string of the molecule is CC(C)CN(C)CCN1CC2(CCN(C(=O)c3cnn(C)c3)CC2)OC1=O. The molecule has 1 aromatic heterocycles. The zero-order chi connectivity index (χ0) is 19.6. The van der Waals surface area contributed by atoms with Crippen LogP contribution in [-0.4, -0.2) is 88.4 Å². The molecular weight excluding hydrogens is 346 g/mol. The lowest BCUT2D eigenvalue weighted by Crippen LogP contribution is -2.49. The highest BCUT2D eigenvalue weighted by Crippen LogP contribution is 2.33. The van der Waals surface area contributed by atoms with Gasteiger partial charge < -0.3 is 19.4 Å². The predicted molar refractivity (Wildman–Crippen MR) is 101 cm³/mol. The van der Waals surface area contributed by atoms with E-state index in [9.17, 15) is 9.59 Å². The Kier molecular flexibility index (Phi) is 5.74. The van der Waals surface area contributed by atoms with Gasteiger partial charge in [-0.2, -0.15) is 5.10 Å². The van der Waals surface area contributed by atoms with Gasteiger partial charge in [-0.1, -0.05) is 13.8 Å². The molecule has 27 heavy (non-hydrogen) atoms. The Bertz CT molecular complexity index is 679. The van der Waals surface area contributed by atoms with Gasteiger partial charge in [0.15, 0.2) is 0 Å². The van der Waals surface area contributed by atoms with E-state index in [1.54, 1.807) is 24.1 Å². The minimum atomic E-state index is -0.445. The van der Waals surface area contributed by atoms with E-state index >= 15 is 0 Å². The molecule has 0 aliphatic carbocycles. The van der Waals surface area contributed by atoms with Crippen LogP contribution in [0.5, 0.6) is 0 Å². The molecule has 2 saturated heterocycles. The van der Waals surface area contributed by atoms with E-state index in [-0.39, 0.29) is 12.0 Å². The zero-order valence-corrected chi connectivity index (χ0v) is 16.8. The van der Waals surface area contributed by atoms with E-state index in [1.165, 1.54) is 0 Å².